The van der Waals surface area contributed by atoms with Gasteiger partial charge in [-0.25, -0.2) is 19.9 Å². The Balaban J connectivity index is 1.82. The van der Waals surface area contributed by atoms with Crippen LogP contribution in [-0.2, 0) is 0 Å². The monoisotopic (exact) mass is 332 g/mol. The van der Waals surface area contributed by atoms with Crippen LogP contribution in [0.3, 0.4) is 0 Å². The van der Waals surface area contributed by atoms with Crippen molar-refractivity contribution in [2.75, 3.05) is 10.6 Å². The molecule has 112 valence electrons. The SMILES string of the molecule is Cc1csc(NC(=O)c2nc(C)sc2Nc2ncccn2)n1. The first-order valence-electron chi connectivity index (χ1n) is 6.37. The number of amides is 1. The Morgan fingerprint density at radius 2 is 1.95 bits per heavy atom. The summed E-state index contributed by atoms with van der Waals surface area (Å²) in [5.74, 6) is 0.113. The van der Waals surface area contributed by atoms with E-state index in [4.69, 9.17) is 0 Å². The second kappa shape index (κ2) is 6.16. The van der Waals surface area contributed by atoms with Crippen LogP contribution in [0.15, 0.2) is 23.8 Å². The molecule has 9 heteroatoms. The van der Waals surface area contributed by atoms with E-state index >= 15 is 0 Å². The van der Waals surface area contributed by atoms with Crippen molar-refractivity contribution < 1.29 is 4.79 Å². The van der Waals surface area contributed by atoms with E-state index in [0.29, 0.717) is 21.8 Å². The molecule has 0 aliphatic heterocycles. The molecule has 0 saturated carbocycles. The maximum atomic E-state index is 12.4. The van der Waals surface area contributed by atoms with Gasteiger partial charge in [0.05, 0.1) is 10.7 Å². The van der Waals surface area contributed by atoms with Gasteiger partial charge in [0.25, 0.3) is 5.91 Å². The Morgan fingerprint density at radius 1 is 1.18 bits per heavy atom. The average Bonchev–Trinajstić information content (AvgIpc) is 3.06. The summed E-state index contributed by atoms with van der Waals surface area (Å²) in [6.07, 6.45) is 3.25. The predicted octanol–water partition coefficient (Wildman–Crippen LogP) is 3.00. The van der Waals surface area contributed by atoms with Crippen LogP contribution in [0, 0.1) is 13.8 Å². The van der Waals surface area contributed by atoms with Gasteiger partial charge in [-0.15, -0.1) is 22.7 Å². The number of carbonyl (C=O) groups excluding carboxylic acids is 1. The third kappa shape index (κ3) is 3.26. The van der Waals surface area contributed by atoms with Crippen molar-refractivity contribution in [1.29, 1.82) is 0 Å². The van der Waals surface area contributed by atoms with Gasteiger partial charge in [-0.2, -0.15) is 0 Å². The highest BCUT2D eigenvalue weighted by Gasteiger charge is 2.19. The first kappa shape index (κ1) is 14.5. The minimum absolute atomic E-state index is 0.308. The van der Waals surface area contributed by atoms with Crippen LogP contribution in [0.2, 0.25) is 0 Å². The minimum Gasteiger partial charge on any atom is -0.314 e. The summed E-state index contributed by atoms with van der Waals surface area (Å²) in [7, 11) is 0. The zero-order valence-corrected chi connectivity index (χ0v) is 13.5. The zero-order valence-electron chi connectivity index (χ0n) is 11.8. The lowest BCUT2D eigenvalue weighted by atomic mass is 10.4. The van der Waals surface area contributed by atoms with Crippen LogP contribution in [0.5, 0.6) is 0 Å². The van der Waals surface area contributed by atoms with Crippen molar-refractivity contribution in [2.24, 2.45) is 0 Å². The Morgan fingerprint density at radius 3 is 2.64 bits per heavy atom. The van der Waals surface area contributed by atoms with Gasteiger partial charge in [0, 0.05) is 17.8 Å². The maximum absolute atomic E-state index is 12.4. The van der Waals surface area contributed by atoms with Crippen LogP contribution in [0.4, 0.5) is 16.1 Å². The molecule has 3 rings (SSSR count). The third-order valence-electron chi connectivity index (χ3n) is 2.58. The Hall–Kier alpha value is -2.39. The standard InChI is InChI=1S/C13H12N6OS2/c1-7-6-21-13(16-7)18-10(20)9-11(22-8(2)17-9)19-12-14-4-3-5-15-12/h3-6H,1-2H3,(H,14,15,19)(H,16,18,20). The fourth-order valence-corrected chi connectivity index (χ4v) is 3.19. The first-order valence-corrected chi connectivity index (χ1v) is 8.06. The summed E-state index contributed by atoms with van der Waals surface area (Å²) in [6, 6.07) is 1.72. The van der Waals surface area contributed by atoms with Crippen LogP contribution >= 0.6 is 22.7 Å². The highest BCUT2D eigenvalue weighted by Crippen LogP contribution is 2.27. The summed E-state index contributed by atoms with van der Waals surface area (Å²) >= 11 is 2.75. The molecule has 3 aromatic rings. The van der Waals surface area contributed by atoms with Gasteiger partial charge in [-0.3, -0.25) is 10.1 Å². The summed E-state index contributed by atoms with van der Waals surface area (Å²) in [5.41, 5.74) is 1.17. The van der Waals surface area contributed by atoms with E-state index in [1.807, 2.05) is 19.2 Å². The smallest absolute Gasteiger partial charge is 0.279 e. The molecule has 3 aromatic heterocycles. The molecule has 0 aliphatic carbocycles. The number of carbonyl (C=O) groups is 1. The first-order chi connectivity index (χ1) is 10.6. The van der Waals surface area contributed by atoms with Gasteiger partial charge in [0.2, 0.25) is 5.95 Å². The second-order valence-corrected chi connectivity index (χ2v) is 6.42. The van der Waals surface area contributed by atoms with Gasteiger partial charge >= 0.3 is 0 Å². The Kier molecular flexibility index (Phi) is 4.07. The number of rotatable bonds is 4. The van der Waals surface area contributed by atoms with E-state index in [9.17, 15) is 4.79 Å². The molecule has 22 heavy (non-hydrogen) atoms. The van der Waals surface area contributed by atoms with Crippen molar-refractivity contribution in [2.45, 2.75) is 13.8 Å². The topological polar surface area (TPSA) is 92.7 Å². The van der Waals surface area contributed by atoms with Gasteiger partial charge in [-0.1, -0.05) is 0 Å². The number of nitrogens with one attached hydrogen (secondary N) is 2. The highest BCUT2D eigenvalue weighted by atomic mass is 32.1. The van der Waals surface area contributed by atoms with Gasteiger partial charge < -0.3 is 5.32 Å². The predicted molar refractivity (Wildman–Crippen MR) is 87.0 cm³/mol. The number of hydrogen-bond acceptors (Lipinski definition) is 8. The van der Waals surface area contributed by atoms with Gasteiger partial charge in [0.15, 0.2) is 10.8 Å². The lowest BCUT2D eigenvalue weighted by Crippen LogP contribution is -2.14. The molecular weight excluding hydrogens is 320 g/mol. The fraction of sp³-hybridized carbons (Fsp3) is 0.154. The Labute approximate surface area is 134 Å². The fourth-order valence-electron chi connectivity index (χ4n) is 1.70. The van der Waals surface area contributed by atoms with E-state index in [2.05, 4.69) is 30.6 Å². The molecule has 0 aromatic carbocycles. The van der Waals surface area contributed by atoms with E-state index in [-0.39, 0.29) is 5.91 Å². The number of aryl methyl sites for hydroxylation is 2. The molecule has 0 bridgehead atoms. The van der Waals surface area contributed by atoms with Gasteiger partial charge in [0.1, 0.15) is 5.00 Å². The van der Waals surface area contributed by atoms with Crippen molar-refractivity contribution >= 4 is 44.7 Å². The minimum atomic E-state index is -0.308. The molecule has 0 aliphatic rings. The van der Waals surface area contributed by atoms with Crippen molar-refractivity contribution in [1.82, 2.24) is 19.9 Å². The number of nitrogens with zero attached hydrogens (tertiary/aromatic N) is 4. The van der Waals surface area contributed by atoms with Crippen LogP contribution < -0.4 is 10.6 Å². The largest absolute Gasteiger partial charge is 0.314 e. The summed E-state index contributed by atoms with van der Waals surface area (Å²) in [4.78, 5) is 29.0. The lowest BCUT2D eigenvalue weighted by Gasteiger charge is -2.04. The lowest BCUT2D eigenvalue weighted by molar-refractivity contribution is 0.102. The zero-order chi connectivity index (χ0) is 15.5. The number of hydrogen-bond donors (Lipinski definition) is 2. The summed E-state index contributed by atoms with van der Waals surface area (Å²) in [6.45, 7) is 3.71. The molecule has 0 unspecified atom stereocenters. The van der Waals surface area contributed by atoms with E-state index in [0.717, 1.165) is 10.7 Å². The molecule has 7 nitrogen and oxygen atoms in total. The van der Waals surface area contributed by atoms with Crippen molar-refractivity contribution in [3.8, 4) is 0 Å². The summed E-state index contributed by atoms with van der Waals surface area (Å²) in [5, 5.41) is 9.58. The molecule has 1 amide bonds. The number of thiazole rings is 2. The van der Waals surface area contributed by atoms with Crippen LogP contribution in [0.25, 0.3) is 0 Å². The second-order valence-electron chi connectivity index (χ2n) is 4.36. The number of anilines is 3. The highest BCUT2D eigenvalue weighted by molar-refractivity contribution is 7.16. The normalized spacial score (nSPS) is 10.5. The number of aromatic nitrogens is 4. The average molecular weight is 332 g/mol. The van der Waals surface area contributed by atoms with Gasteiger partial charge in [-0.05, 0) is 19.9 Å². The molecule has 0 radical (unpaired) electrons. The van der Waals surface area contributed by atoms with Crippen molar-refractivity contribution in [3.05, 3.63) is 40.2 Å². The molecule has 0 atom stereocenters. The van der Waals surface area contributed by atoms with Crippen LogP contribution in [-0.4, -0.2) is 25.8 Å². The molecule has 0 saturated heterocycles. The third-order valence-corrected chi connectivity index (χ3v) is 4.34. The molecule has 0 fully saturated rings. The Bertz CT molecular complexity index is 798. The van der Waals surface area contributed by atoms with E-state index < -0.39 is 0 Å². The summed E-state index contributed by atoms with van der Waals surface area (Å²) < 4.78 is 0. The molecule has 3 heterocycles. The van der Waals surface area contributed by atoms with Crippen molar-refractivity contribution in [3.63, 3.8) is 0 Å². The maximum Gasteiger partial charge on any atom is 0.279 e. The molecule has 0 spiro atoms. The molecular formula is C13H12N6OS2. The molecule has 2 N–H and O–H groups in total. The van der Waals surface area contributed by atoms with E-state index in [1.54, 1.807) is 18.5 Å². The van der Waals surface area contributed by atoms with Crippen LogP contribution in [0.1, 0.15) is 21.2 Å². The quantitative estimate of drug-likeness (QED) is 0.763. The van der Waals surface area contributed by atoms with E-state index in [1.165, 1.54) is 22.7 Å².